The third-order valence-corrected chi connectivity index (χ3v) is 2.98. The van der Waals surface area contributed by atoms with Crippen LogP contribution in [0.1, 0.15) is 17.3 Å². The first-order valence-electron chi connectivity index (χ1n) is 6.82. The summed E-state index contributed by atoms with van der Waals surface area (Å²) in [4.78, 5) is 22.0. The molecule has 0 aliphatic carbocycles. The van der Waals surface area contributed by atoms with Gasteiger partial charge in [0.15, 0.2) is 6.61 Å². The summed E-state index contributed by atoms with van der Waals surface area (Å²) < 4.78 is 10.1. The molecule has 0 aliphatic heterocycles. The van der Waals surface area contributed by atoms with E-state index in [4.69, 9.17) is 14.6 Å². The highest BCUT2D eigenvalue weighted by atomic mass is 16.6. The molecule has 0 aliphatic rings. The second-order valence-electron chi connectivity index (χ2n) is 4.50. The van der Waals surface area contributed by atoms with E-state index >= 15 is 0 Å². The zero-order valence-electron chi connectivity index (χ0n) is 12.1. The largest absolute Gasteiger partial charge is 0.482 e. The molecule has 0 fully saturated rings. The van der Waals surface area contributed by atoms with Gasteiger partial charge in [0.05, 0.1) is 12.2 Å². The molecule has 0 spiro atoms. The number of carboxylic acid groups (broad SMARTS) is 1. The monoisotopic (exact) mass is 300 g/mol. The summed E-state index contributed by atoms with van der Waals surface area (Å²) in [5.74, 6) is -0.788. The lowest BCUT2D eigenvalue weighted by molar-refractivity contribution is -0.145. The Morgan fingerprint density at radius 2 is 1.50 bits per heavy atom. The van der Waals surface area contributed by atoms with Gasteiger partial charge in [-0.3, -0.25) is 0 Å². The molecule has 5 heteroatoms. The molecule has 0 amide bonds. The van der Waals surface area contributed by atoms with Gasteiger partial charge in [-0.1, -0.05) is 24.3 Å². The number of carbonyl (C=O) groups is 2. The van der Waals surface area contributed by atoms with E-state index in [1.165, 1.54) is 0 Å². The molecule has 0 atom stereocenters. The van der Waals surface area contributed by atoms with Crippen LogP contribution in [0.25, 0.3) is 11.1 Å². The molecule has 0 saturated heterocycles. The molecule has 0 bridgehead atoms. The van der Waals surface area contributed by atoms with E-state index in [9.17, 15) is 9.59 Å². The van der Waals surface area contributed by atoms with Crippen molar-refractivity contribution < 1.29 is 24.2 Å². The predicted octanol–water partition coefficient (Wildman–Crippen LogP) is 2.99. The molecule has 0 radical (unpaired) electrons. The average Bonchev–Trinajstić information content (AvgIpc) is 2.54. The fraction of sp³-hybridized carbons (Fsp3) is 0.176. The molecule has 0 saturated carbocycles. The summed E-state index contributed by atoms with van der Waals surface area (Å²) in [6, 6.07) is 13.8. The second-order valence-corrected chi connectivity index (χ2v) is 4.50. The van der Waals surface area contributed by atoms with Gasteiger partial charge in [0, 0.05) is 0 Å². The Morgan fingerprint density at radius 3 is 2.00 bits per heavy atom. The van der Waals surface area contributed by atoms with E-state index < -0.39 is 11.9 Å². The Labute approximate surface area is 128 Å². The highest BCUT2D eigenvalue weighted by Crippen LogP contribution is 2.22. The molecule has 1 N–H and O–H groups in total. The van der Waals surface area contributed by atoms with Crippen molar-refractivity contribution in [1.82, 2.24) is 0 Å². The molecule has 114 valence electrons. The van der Waals surface area contributed by atoms with Crippen LogP contribution >= 0.6 is 0 Å². The molecule has 5 nitrogen and oxygen atoms in total. The van der Waals surface area contributed by atoms with Crippen LogP contribution in [-0.2, 0) is 9.53 Å². The lowest BCUT2D eigenvalue weighted by Gasteiger charge is -2.07. The fourth-order valence-corrected chi connectivity index (χ4v) is 1.89. The van der Waals surface area contributed by atoms with Crippen molar-refractivity contribution in [3.05, 3.63) is 54.1 Å². The highest BCUT2D eigenvalue weighted by molar-refractivity contribution is 5.88. The van der Waals surface area contributed by atoms with Crippen LogP contribution < -0.4 is 4.74 Å². The average molecular weight is 300 g/mol. The van der Waals surface area contributed by atoms with Crippen LogP contribution in [0.2, 0.25) is 0 Å². The van der Waals surface area contributed by atoms with E-state index in [2.05, 4.69) is 0 Å². The summed E-state index contributed by atoms with van der Waals surface area (Å²) in [6.45, 7) is 1.94. The van der Waals surface area contributed by atoms with Gasteiger partial charge >= 0.3 is 11.9 Å². The molecular formula is C17H16O5. The Morgan fingerprint density at radius 1 is 0.955 bits per heavy atom. The zero-order valence-corrected chi connectivity index (χ0v) is 12.1. The van der Waals surface area contributed by atoms with E-state index in [0.717, 1.165) is 11.1 Å². The van der Waals surface area contributed by atoms with Crippen LogP contribution in [0.4, 0.5) is 0 Å². The van der Waals surface area contributed by atoms with Gasteiger partial charge in [0.2, 0.25) is 0 Å². The van der Waals surface area contributed by atoms with Crippen molar-refractivity contribution in [2.75, 3.05) is 13.2 Å². The molecule has 0 aromatic heterocycles. The van der Waals surface area contributed by atoms with E-state index in [1.54, 1.807) is 43.3 Å². The topological polar surface area (TPSA) is 72.8 Å². The Hall–Kier alpha value is -2.82. The van der Waals surface area contributed by atoms with E-state index in [0.29, 0.717) is 12.4 Å². The van der Waals surface area contributed by atoms with Crippen LogP contribution in [0, 0.1) is 0 Å². The number of aromatic carboxylic acids is 1. The first-order chi connectivity index (χ1) is 10.6. The minimum atomic E-state index is -0.950. The zero-order chi connectivity index (χ0) is 15.9. The minimum Gasteiger partial charge on any atom is -0.482 e. The second kappa shape index (κ2) is 7.26. The Balaban J connectivity index is 2.02. The number of hydrogen-bond acceptors (Lipinski definition) is 4. The molecule has 2 aromatic rings. The normalized spacial score (nSPS) is 10.0. The SMILES string of the molecule is CCOC(=O)COc1ccc(-c2ccc(C(=O)O)cc2)cc1. The molecule has 22 heavy (non-hydrogen) atoms. The fourth-order valence-electron chi connectivity index (χ4n) is 1.89. The van der Waals surface area contributed by atoms with Crippen molar-refractivity contribution in [3.63, 3.8) is 0 Å². The first-order valence-corrected chi connectivity index (χ1v) is 6.82. The third-order valence-electron chi connectivity index (χ3n) is 2.98. The van der Waals surface area contributed by atoms with Crippen molar-refractivity contribution in [3.8, 4) is 16.9 Å². The van der Waals surface area contributed by atoms with Crippen LogP contribution in [0.15, 0.2) is 48.5 Å². The van der Waals surface area contributed by atoms with Gasteiger partial charge in [-0.2, -0.15) is 0 Å². The van der Waals surface area contributed by atoms with Crippen LogP contribution in [0.5, 0.6) is 5.75 Å². The van der Waals surface area contributed by atoms with Crippen LogP contribution in [0.3, 0.4) is 0 Å². The number of carbonyl (C=O) groups excluding carboxylic acids is 1. The molecule has 0 unspecified atom stereocenters. The standard InChI is InChI=1S/C17H16O5/c1-2-21-16(18)11-22-15-9-7-13(8-10-15)12-3-5-14(6-4-12)17(19)20/h3-10H,2,11H2,1H3,(H,19,20). The third kappa shape index (κ3) is 4.09. The quantitative estimate of drug-likeness (QED) is 0.830. The lowest BCUT2D eigenvalue weighted by Crippen LogP contribution is -2.14. The smallest absolute Gasteiger partial charge is 0.344 e. The van der Waals surface area contributed by atoms with Crippen molar-refractivity contribution in [2.24, 2.45) is 0 Å². The number of hydrogen-bond donors (Lipinski definition) is 1. The summed E-state index contributed by atoms with van der Waals surface area (Å²) in [7, 11) is 0. The number of carboxylic acids is 1. The van der Waals surface area contributed by atoms with Gasteiger partial charge in [-0.15, -0.1) is 0 Å². The van der Waals surface area contributed by atoms with Gasteiger partial charge in [0.1, 0.15) is 5.75 Å². The number of esters is 1. The summed E-state index contributed by atoms with van der Waals surface area (Å²) >= 11 is 0. The van der Waals surface area contributed by atoms with Crippen LogP contribution in [-0.4, -0.2) is 30.3 Å². The maximum atomic E-state index is 11.2. The molecule has 2 aromatic carbocycles. The molecule has 2 rings (SSSR count). The van der Waals surface area contributed by atoms with E-state index in [1.807, 2.05) is 12.1 Å². The van der Waals surface area contributed by atoms with Gasteiger partial charge in [0.25, 0.3) is 0 Å². The summed E-state index contributed by atoms with van der Waals surface area (Å²) in [6.07, 6.45) is 0. The summed E-state index contributed by atoms with van der Waals surface area (Å²) in [5.41, 5.74) is 2.08. The van der Waals surface area contributed by atoms with E-state index in [-0.39, 0.29) is 12.2 Å². The van der Waals surface area contributed by atoms with Crippen molar-refractivity contribution in [1.29, 1.82) is 0 Å². The van der Waals surface area contributed by atoms with Crippen molar-refractivity contribution >= 4 is 11.9 Å². The van der Waals surface area contributed by atoms with Gasteiger partial charge in [-0.25, -0.2) is 9.59 Å². The Bertz CT molecular complexity index is 644. The minimum absolute atomic E-state index is 0.125. The molecule has 0 heterocycles. The first kappa shape index (κ1) is 15.6. The maximum absolute atomic E-state index is 11.2. The summed E-state index contributed by atoms with van der Waals surface area (Å²) in [5, 5.41) is 8.87. The molecular weight excluding hydrogens is 284 g/mol. The maximum Gasteiger partial charge on any atom is 0.344 e. The number of rotatable bonds is 6. The Kier molecular flexibility index (Phi) is 5.14. The number of benzene rings is 2. The lowest BCUT2D eigenvalue weighted by atomic mass is 10.0. The van der Waals surface area contributed by atoms with Gasteiger partial charge < -0.3 is 14.6 Å². The number of ether oxygens (including phenoxy) is 2. The predicted molar refractivity (Wildman–Crippen MR) is 81.0 cm³/mol. The highest BCUT2D eigenvalue weighted by Gasteiger charge is 2.05. The van der Waals surface area contributed by atoms with Gasteiger partial charge in [-0.05, 0) is 42.3 Å². The van der Waals surface area contributed by atoms with Crippen molar-refractivity contribution in [2.45, 2.75) is 6.92 Å².